The van der Waals surface area contributed by atoms with Gasteiger partial charge in [0.15, 0.2) is 0 Å². The van der Waals surface area contributed by atoms with E-state index in [9.17, 15) is 0 Å². The molecule has 0 saturated heterocycles. The highest BCUT2D eigenvalue weighted by Crippen LogP contribution is 2.54. The van der Waals surface area contributed by atoms with Crippen molar-refractivity contribution >= 4 is 35.1 Å². The number of nitrogens with zero attached hydrogens (tertiary/aromatic N) is 1. The van der Waals surface area contributed by atoms with E-state index < -0.39 is 5.41 Å². The zero-order chi connectivity index (χ0) is 23.7. The Morgan fingerprint density at radius 2 is 1.23 bits per heavy atom. The summed E-state index contributed by atoms with van der Waals surface area (Å²) in [6.45, 7) is 4.33. The highest BCUT2D eigenvalue weighted by Gasteiger charge is 2.45. The molecule has 2 heteroatoms. The minimum atomic E-state index is -0.406. The fraction of sp³-hybridized carbons (Fsp3) is 0.0909. The van der Waals surface area contributed by atoms with Crippen LogP contribution in [-0.2, 0) is 5.41 Å². The molecule has 1 aromatic heterocycles. The topological polar surface area (TPSA) is 4.93 Å². The molecule has 6 aromatic rings. The van der Waals surface area contributed by atoms with Crippen molar-refractivity contribution in [3.05, 3.63) is 143 Å². The van der Waals surface area contributed by atoms with E-state index in [1.54, 1.807) is 0 Å². The van der Waals surface area contributed by atoms with Crippen LogP contribution in [0.2, 0.25) is 0 Å². The van der Waals surface area contributed by atoms with Crippen molar-refractivity contribution in [1.82, 2.24) is 4.57 Å². The second-order valence-corrected chi connectivity index (χ2v) is 10.1. The maximum Gasteiger partial charge on any atom is 0.139 e. The number of fused-ring (bicyclic) bond motifs is 5. The Balaban J connectivity index is 1.75. The van der Waals surface area contributed by atoms with Crippen molar-refractivity contribution < 1.29 is 0 Å². The fourth-order valence-corrected chi connectivity index (χ4v) is 6.26. The van der Waals surface area contributed by atoms with Crippen LogP contribution in [0.25, 0.3) is 27.5 Å². The number of hydrogen-bond donors (Lipinski definition) is 0. The Morgan fingerprint density at radius 3 is 1.91 bits per heavy atom. The maximum atomic E-state index is 2.50. The lowest BCUT2D eigenvalue weighted by Gasteiger charge is -2.41. The van der Waals surface area contributed by atoms with Crippen molar-refractivity contribution in [3.63, 3.8) is 0 Å². The predicted octanol–water partition coefficient (Wildman–Crippen LogP) is 6.36. The molecule has 1 nitrogen and oxygen atoms in total. The maximum absolute atomic E-state index is 2.50. The van der Waals surface area contributed by atoms with Crippen molar-refractivity contribution in [2.75, 3.05) is 0 Å². The Morgan fingerprint density at radius 1 is 0.600 bits per heavy atom. The SMILES string of the molecule is Bc1ccc2c(c1)c1cccc3c1n2-c1ccccc1C3(c1ccc(C)cc1)c1ccc(C)cc1. The first-order chi connectivity index (χ1) is 17.1. The van der Waals surface area contributed by atoms with E-state index in [0.29, 0.717) is 0 Å². The standard InChI is InChI=1S/C33H26BN/c1-21-10-14-23(15-11-21)33(24-16-12-22(2)13-17-24)28-7-3-4-9-31(28)35-30-19-18-25(34)20-27(30)26-6-5-8-29(33)32(26)35/h3-20H,34H2,1-2H3. The van der Waals surface area contributed by atoms with Crippen LogP contribution < -0.4 is 5.46 Å². The van der Waals surface area contributed by atoms with Gasteiger partial charge < -0.3 is 4.57 Å². The van der Waals surface area contributed by atoms with Crippen molar-refractivity contribution in [1.29, 1.82) is 0 Å². The molecule has 35 heavy (non-hydrogen) atoms. The average Bonchev–Trinajstić information content (AvgIpc) is 3.21. The number of benzene rings is 5. The fourth-order valence-electron chi connectivity index (χ4n) is 6.26. The van der Waals surface area contributed by atoms with Crippen LogP contribution in [0.3, 0.4) is 0 Å². The van der Waals surface area contributed by atoms with E-state index in [1.165, 1.54) is 66.3 Å². The third kappa shape index (κ3) is 2.65. The quantitative estimate of drug-likeness (QED) is 0.272. The largest absolute Gasteiger partial charge is 0.309 e. The van der Waals surface area contributed by atoms with Gasteiger partial charge in [0.05, 0.1) is 22.1 Å². The van der Waals surface area contributed by atoms with Crippen molar-refractivity contribution in [3.8, 4) is 5.69 Å². The van der Waals surface area contributed by atoms with Crippen LogP contribution in [-0.4, -0.2) is 12.4 Å². The molecule has 2 heterocycles. The van der Waals surface area contributed by atoms with E-state index in [2.05, 4.69) is 135 Å². The summed E-state index contributed by atoms with van der Waals surface area (Å²) in [4.78, 5) is 0. The monoisotopic (exact) mass is 447 g/mol. The molecule has 166 valence electrons. The molecule has 0 spiro atoms. The highest BCUT2D eigenvalue weighted by atomic mass is 15.0. The number of aromatic nitrogens is 1. The predicted molar refractivity (Wildman–Crippen MR) is 150 cm³/mol. The molecule has 1 aliphatic rings. The molecule has 5 aromatic carbocycles. The zero-order valence-corrected chi connectivity index (χ0v) is 20.3. The number of para-hydroxylation sites is 2. The van der Waals surface area contributed by atoms with E-state index in [0.717, 1.165) is 0 Å². The Hall–Kier alpha value is -4.04. The number of hydrogen-bond acceptors (Lipinski definition) is 0. The lowest BCUT2D eigenvalue weighted by Crippen LogP contribution is -2.35. The van der Waals surface area contributed by atoms with Crippen LogP contribution in [0.4, 0.5) is 0 Å². The summed E-state index contributed by atoms with van der Waals surface area (Å²) in [5.74, 6) is 0. The Labute approximate surface area is 207 Å². The van der Waals surface area contributed by atoms with E-state index >= 15 is 0 Å². The molecule has 0 bridgehead atoms. The Bertz CT molecular complexity index is 1710. The van der Waals surface area contributed by atoms with Gasteiger partial charge in [-0.3, -0.25) is 0 Å². The molecule has 0 saturated carbocycles. The van der Waals surface area contributed by atoms with Gasteiger partial charge in [0, 0.05) is 10.8 Å². The van der Waals surface area contributed by atoms with Gasteiger partial charge in [0.25, 0.3) is 0 Å². The van der Waals surface area contributed by atoms with Crippen molar-refractivity contribution in [2.24, 2.45) is 0 Å². The lowest BCUT2D eigenvalue weighted by atomic mass is 9.63. The molecule has 1 aliphatic heterocycles. The molecule has 7 rings (SSSR count). The van der Waals surface area contributed by atoms with Crippen LogP contribution in [0.1, 0.15) is 33.4 Å². The summed E-state index contributed by atoms with van der Waals surface area (Å²) in [5.41, 5.74) is 12.6. The van der Waals surface area contributed by atoms with Crippen molar-refractivity contribution in [2.45, 2.75) is 19.3 Å². The minimum Gasteiger partial charge on any atom is -0.309 e. The molecule has 0 amide bonds. The highest BCUT2D eigenvalue weighted by molar-refractivity contribution is 6.34. The summed E-state index contributed by atoms with van der Waals surface area (Å²) in [5, 5.41) is 2.64. The molecule has 0 atom stereocenters. The molecule has 0 fully saturated rings. The first kappa shape index (κ1) is 20.3. The third-order valence-corrected chi connectivity index (χ3v) is 7.86. The van der Waals surface area contributed by atoms with Gasteiger partial charge in [0.1, 0.15) is 7.85 Å². The summed E-state index contributed by atoms with van der Waals surface area (Å²) in [7, 11) is 2.18. The van der Waals surface area contributed by atoms with Gasteiger partial charge in [-0.05, 0) is 48.2 Å². The van der Waals surface area contributed by atoms with Crippen LogP contribution in [0, 0.1) is 13.8 Å². The van der Waals surface area contributed by atoms with Gasteiger partial charge >= 0.3 is 0 Å². The first-order valence-corrected chi connectivity index (χ1v) is 12.4. The average molecular weight is 447 g/mol. The molecule has 0 unspecified atom stereocenters. The second kappa shape index (κ2) is 7.23. The van der Waals surface area contributed by atoms with E-state index in [1.807, 2.05) is 0 Å². The van der Waals surface area contributed by atoms with Crippen LogP contribution in [0.15, 0.2) is 109 Å². The molecular weight excluding hydrogens is 421 g/mol. The van der Waals surface area contributed by atoms with Gasteiger partial charge in [-0.25, -0.2) is 0 Å². The smallest absolute Gasteiger partial charge is 0.139 e. The van der Waals surface area contributed by atoms with E-state index in [-0.39, 0.29) is 0 Å². The second-order valence-electron chi connectivity index (χ2n) is 10.1. The Kier molecular flexibility index (Phi) is 4.20. The molecule has 0 N–H and O–H groups in total. The molecule has 0 aliphatic carbocycles. The van der Waals surface area contributed by atoms with Gasteiger partial charge in [0.2, 0.25) is 0 Å². The molecular formula is C33H26BN. The molecule has 0 radical (unpaired) electrons. The summed E-state index contributed by atoms with van der Waals surface area (Å²) >= 11 is 0. The summed E-state index contributed by atoms with van der Waals surface area (Å²) in [6.07, 6.45) is 0. The normalized spacial score (nSPS) is 13.8. The minimum absolute atomic E-state index is 0.406. The number of aryl methyl sites for hydroxylation is 2. The lowest BCUT2D eigenvalue weighted by molar-refractivity contribution is 0.727. The van der Waals surface area contributed by atoms with E-state index in [4.69, 9.17) is 0 Å². The van der Waals surface area contributed by atoms with Gasteiger partial charge in [-0.15, -0.1) is 0 Å². The number of rotatable bonds is 2. The third-order valence-electron chi connectivity index (χ3n) is 7.86. The van der Waals surface area contributed by atoms with Gasteiger partial charge in [-0.1, -0.05) is 114 Å². The first-order valence-electron chi connectivity index (χ1n) is 12.4. The summed E-state index contributed by atoms with van der Waals surface area (Å²) < 4.78 is 2.50. The zero-order valence-electron chi connectivity index (χ0n) is 20.3. The van der Waals surface area contributed by atoms with Gasteiger partial charge in [-0.2, -0.15) is 0 Å². The van der Waals surface area contributed by atoms with Crippen LogP contribution >= 0.6 is 0 Å². The summed E-state index contributed by atoms with van der Waals surface area (Å²) in [6, 6.07) is 41.0. The van der Waals surface area contributed by atoms with Crippen LogP contribution in [0.5, 0.6) is 0 Å².